The maximum absolute atomic E-state index is 5.30. The van der Waals surface area contributed by atoms with Gasteiger partial charge in [-0.2, -0.15) is 0 Å². The molecule has 0 saturated heterocycles. The zero-order valence-electron chi connectivity index (χ0n) is 8.95. The summed E-state index contributed by atoms with van der Waals surface area (Å²) in [6, 6.07) is 9.48. The van der Waals surface area contributed by atoms with Crippen molar-refractivity contribution in [3.63, 3.8) is 0 Å². The second-order valence-corrected chi connectivity index (χ2v) is 3.45. The number of pyridine rings is 2. The molecule has 0 saturated carbocycles. The highest BCUT2D eigenvalue weighted by Crippen LogP contribution is 2.27. The Morgan fingerprint density at radius 1 is 0.824 bits per heavy atom. The third-order valence-electron chi connectivity index (χ3n) is 2.38. The molecule has 0 bridgehead atoms. The van der Waals surface area contributed by atoms with Crippen molar-refractivity contribution in [2.45, 2.75) is 0 Å². The summed E-state index contributed by atoms with van der Waals surface area (Å²) >= 11 is 0. The number of hydrogen-bond acceptors (Lipinski definition) is 4. The Morgan fingerprint density at radius 3 is 2.53 bits per heavy atom. The molecule has 0 aliphatic rings. The van der Waals surface area contributed by atoms with E-state index in [1.807, 2.05) is 30.3 Å². The van der Waals surface area contributed by atoms with E-state index in [0.29, 0.717) is 5.89 Å². The molecule has 0 aliphatic carbocycles. The molecule has 3 aromatic rings. The van der Waals surface area contributed by atoms with Crippen molar-refractivity contribution in [2.24, 2.45) is 0 Å². The molecule has 0 amide bonds. The quantitative estimate of drug-likeness (QED) is 0.670. The number of nitrogens with zero attached hydrogens (tertiary/aromatic N) is 3. The highest BCUT2D eigenvalue weighted by atomic mass is 16.3. The predicted octanol–water partition coefficient (Wildman–Crippen LogP) is 2.80. The first-order chi connectivity index (χ1) is 8.45. The van der Waals surface area contributed by atoms with E-state index >= 15 is 0 Å². The predicted molar refractivity (Wildman–Crippen MR) is 63.0 cm³/mol. The topological polar surface area (TPSA) is 51.8 Å². The van der Waals surface area contributed by atoms with Crippen LogP contribution in [0.1, 0.15) is 0 Å². The Labute approximate surface area is 98.0 Å². The number of aromatic nitrogens is 3. The van der Waals surface area contributed by atoms with E-state index in [1.165, 1.54) is 0 Å². The highest BCUT2D eigenvalue weighted by Gasteiger charge is 2.11. The first kappa shape index (κ1) is 9.72. The summed E-state index contributed by atoms with van der Waals surface area (Å²) in [6.07, 6.45) is 6.63. The average molecular weight is 223 g/mol. The molecule has 3 rings (SSSR count). The zero-order chi connectivity index (χ0) is 11.5. The zero-order valence-corrected chi connectivity index (χ0v) is 8.95. The first-order valence-electron chi connectivity index (χ1n) is 5.21. The lowest BCUT2D eigenvalue weighted by Crippen LogP contribution is -1.90. The SMILES string of the molecule is c1ccc(-c2ncccc2-c2ncco2)nc1. The van der Waals surface area contributed by atoms with Gasteiger partial charge in [-0.15, -0.1) is 0 Å². The largest absolute Gasteiger partial charge is 0.444 e. The number of hydrogen-bond donors (Lipinski definition) is 0. The van der Waals surface area contributed by atoms with Gasteiger partial charge in [0.2, 0.25) is 5.89 Å². The molecule has 0 aliphatic heterocycles. The average Bonchev–Trinajstić information content (AvgIpc) is 2.94. The van der Waals surface area contributed by atoms with E-state index in [0.717, 1.165) is 17.0 Å². The van der Waals surface area contributed by atoms with Crippen LogP contribution in [0.2, 0.25) is 0 Å². The lowest BCUT2D eigenvalue weighted by molar-refractivity contribution is 0.574. The van der Waals surface area contributed by atoms with Crippen LogP contribution < -0.4 is 0 Å². The minimum atomic E-state index is 0.554. The van der Waals surface area contributed by atoms with Gasteiger partial charge in [0.15, 0.2) is 0 Å². The van der Waals surface area contributed by atoms with Gasteiger partial charge in [0.05, 0.1) is 17.5 Å². The van der Waals surface area contributed by atoms with Crippen LogP contribution in [-0.4, -0.2) is 15.0 Å². The van der Waals surface area contributed by atoms with Gasteiger partial charge in [-0.3, -0.25) is 9.97 Å². The van der Waals surface area contributed by atoms with Crippen LogP contribution in [0.15, 0.2) is 59.6 Å². The summed E-state index contributed by atoms with van der Waals surface area (Å²) in [5.74, 6) is 0.554. The minimum absolute atomic E-state index is 0.554. The van der Waals surface area contributed by atoms with E-state index in [4.69, 9.17) is 4.42 Å². The van der Waals surface area contributed by atoms with Crippen LogP contribution in [-0.2, 0) is 0 Å². The van der Waals surface area contributed by atoms with Gasteiger partial charge in [0.1, 0.15) is 12.0 Å². The van der Waals surface area contributed by atoms with Gasteiger partial charge in [0.25, 0.3) is 0 Å². The van der Waals surface area contributed by atoms with Crippen molar-refractivity contribution in [3.05, 3.63) is 55.2 Å². The molecule has 0 atom stereocenters. The molecule has 4 nitrogen and oxygen atoms in total. The highest BCUT2D eigenvalue weighted by molar-refractivity contribution is 5.74. The molecule has 0 fully saturated rings. The van der Waals surface area contributed by atoms with E-state index in [1.54, 1.807) is 24.9 Å². The van der Waals surface area contributed by atoms with Crippen molar-refractivity contribution in [3.8, 4) is 22.8 Å². The standard InChI is InChI=1S/C13H9N3O/c1-2-6-14-11(5-1)12-10(4-3-7-15-12)13-16-8-9-17-13/h1-9H. The summed E-state index contributed by atoms with van der Waals surface area (Å²) in [5, 5.41) is 0. The van der Waals surface area contributed by atoms with E-state index in [-0.39, 0.29) is 0 Å². The minimum Gasteiger partial charge on any atom is -0.444 e. The Balaban J connectivity index is 2.18. The van der Waals surface area contributed by atoms with Gasteiger partial charge in [-0.25, -0.2) is 4.98 Å². The summed E-state index contributed by atoms with van der Waals surface area (Å²) in [7, 11) is 0. The van der Waals surface area contributed by atoms with Crippen LogP contribution >= 0.6 is 0 Å². The Bertz CT molecular complexity index is 606. The molecule has 17 heavy (non-hydrogen) atoms. The van der Waals surface area contributed by atoms with Gasteiger partial charge < -0.3 is 4.42 Å². The van der Waals surface area contributed by atoms with Crippen molar-refractivity contribution in [2.75, 3.05) is 0 Å². The first-order valence-corrected chi connectivity index (χ1v) is 5.21. The fraction of sp³-hybridized carbons (Fsp3) is 0. The Kier molecular flexibility index (Phi) is 2.38. The smallest absolute Gasteiger partial charge is 0.228 e. The van der Waals surface area contributed by atoms with Gasteiger partial charge in [0, 0.05) is 12.4 Å². The molecule has 3 aromatic heterocycles. The second kappa shape index (κ2) is 4.17. The molecule has 0 spiro atoms. The molecular formula is C13H9N3O. The van der Waals surface area contributed by atoms with Gasteiger partial charge >= 0.3 is 0 Å². The monoisotopic (exact) mass is 223 g/mol. The third kappa shape index (κ3) is 1.80. The molecule has 0 radical (unpaired) electrons. The van der Waals surface area contributed by atoms with E-state index in [9.17, 15) is 0 Å². The van der Waals surface area contributed by atoms with Crippen molar-refractivity contribution < 1.29 is 4.42 Å². The fourth-order valence-corrected chi connectivity index (χ4v) is 1.64. The summed E-state index contributed by atoms with van der Waals surface area (Å²) in [5.41, 5.74) is 2.42. The lowest BCUT2D eigenvalue weighted by atomic mass is 10.1. The molecule has 3 heterocycles. The van der Waals surface area contributed by atoms with E-state index in [2.05, 4.69) is 15.0 Å². The van der Waals surface area contributed by atoms with Crippen LogP contribution in [0.25, 0.3) is 22.8 Å². The second-order valence-electron chi connectivity index (χ2n) is 3.45. The van der Waals surface area contributed by atoms with Gasteiger partial charge in [-0.05, 0) is 24.3 Å². The maximum atomic E-state index is 5.30. The van der Waals surface area contributed by atoms with E-state index < -0.39 is 0 Å². The number of rotatable bonds is 2. The van der Waals surface area contributed by atoms with Crippen molar-refractivity contribution in [1.29, 1.82) is 0 Å². The van der Waals surface area contributed by atoms with Crippen LogP contribution in [0.5, 0.6) is 0 Å². The van der Waals surface area contributed by atoms with Crippen LogP contribution in [0, 0.1) is 0 Å². The van der Waals surface area contributed by atoms with Crippen molar-refractivity contribution >= 4 is 0 Å². The molecule has 0 unspecified atom stereocenters. The van der Waals surface area contributed by atoms with Crippen LogP contribution in [0.3, 0.4) is 0 Å². The molecule has 82 valence electrons. The van der Waals surface area contributed by atoms with Crippen LogP contribution in [0.4, 0.5) is 0 Å². The molecule has 0 N–H and O–H groups in total. The summed E-state index contributed by atoms with van der Waals surface area (Å²) < 4.78 is 5.30. The summed E-state index contributed by atoms with van der Waals surface area (Å²) in [6.45, 7) is 0. The molecule has 0 aromatic carbocycles. The lowest BCUT2D eigenvalue weighted by Gasteiger charge is -2.03. The normalized spacial score (nSPS) is 10.4. The molecular weight excluding hydrogens is 214 g/mol. The Morgan fingerprint density at radius 2 is 1.76 bits per heavy atom. The summed E-state index contributed by atoms with van der Waals surface area (Å²) in [4.78, 5) is 12.8. The Hall–Kier alpha value is -2.49. The maximum Gasteiger partial charge on any atom is 0.228 e. The molecule has 4 heteroatoms. The van der Waals surface area contributed by atoms with Gasteiger partial charge in [-0.1, -0.05) is 6.07 Å². The third-order valence-corrected chi connectivity index (χ3v) is 2.38. The van der Waals surface area contributed by atoms with Crippen molar-refractivity contribution in [1.82, 2.24) is 15.0 Å². The number of oxazole rings is 1. The fourth-order valence-electron chi connectivity index (χ4n) is 1.64.